The van der Waals surface area contributed by atoms with Gasteiger partial charge in [0.2, 0.25) is 5.88 Å². The molecule has 0 aliphatic rings. The third-order valence-electron chi connectivity index (χ3n) is 5.48. The van der Waals surface area contributed by atoms with Gasteiger partial charge in [-0.15, -0.1) is 0 Å². The van der Waals surface area contributed by atoms with Gasteiger partial charge in [-0.2, -0.15) is 20.0 Å². The SMILES string of the molecule is CCC(C(C)Oc1ccc2cccnc2n1)N(CC)C(=O)c1ccccc1-n1nccn1. The zero-order chi connectivity index (χ0) is 22.5. The van der Waals surface area contributed by atoms with Crippen LogP contribution in [0.2, 0.25) is 0 Å². The number of carbonyl (C=O) groups excluding carboxylic acids is 1. The third kappa shape index (κ3) is 4.30. The van der Waals surface area contributed by atoms with Crippen molar-refractivity contribution in [3.8, 4) is 11.6 Å². The summed E-state index contributed by atoms with van der Waals surface area (Å²) in [5.74, 6) is 0.405. The lowest BCUT2D eigenvalue weighted by molar-refractivity contribution is 0.0471. The van der Waals surface area contributed by atoms with Crippen LogP contribution in [0.4, 0.5) is 0 Å². The van der Waals surface area contributed by atoms with Crippen molar-refractivity contribution in [1.82, 2.24) is 29.9 Å². The number of para-hydroxylation sites is 1. The first-order valence-electron chi connectivity index (χ1n) is 10.8. The molecule has 8 nitrogen and oxygen atoms in total. The predicted molar refractivity (Wildman–Crippen MR) is 122 cm³/mol. The van der Waals surface area contributed by atoms with Crippen molar-refractivity contribution in [3.05, 3.63) is 72.7 Å². The molecule has 2 atom stereocenters. The standard InChI is InChI=1S/C24H26N6O2/c1-4-20(17(3)32-22-13-12-18-9-8-14-25-23(18)28-22)29(5-2)24(31)19-10-6-7-11-21(19)30-26-15-16-27-30/h6-17,20H,4-5H2,1-3H3. The Morgan fingerprint density at radius 2 is 1.81 bits per heavy atom. The van der Waals surface area contributed by atoms with Crippen LogP contribution in [0.5, 0.6) is 5.88 Å². The molecule has 0 radical (unpaired) electrons. The van der Waals surface area contributed by atoms with E-state index in [1.807, 2.05) is 61.2 Å². The van der Waals surface area contributed by atoms with E-state index in [0.717, 1.165) is 11.8 Å². The normalized spacial score (nSPS) is 13.0. The van der Waals surface area contributed by atoms with Gasteiger partial charge in [0.15, 0.2) is 5.65 Å². The van der Waals surface area contributed by atoms with Gasteiger partial charge in [-0.05, 0) is 50.6 Å². The summed E-state index contributed by atoms with van der Waals surface area (Å²) in [5.41, 5.74) is 1.82. The van der Waals surface area contributed by atoms with Crippen molar-refractivity contribution >= 4 is 16.9 Å². The van der Waals surface area contributed by atoms with Crippen LogP contribution in [0.15, 0.2) is 67.1 Å². The molecule has 1 amide bonds. The van der Waals surface area contributed by atoms with Crippen LogP contribution in [-0.4, -0.2) is 54.5 Å². The summed E-state index contributed by atoms with van der Waals surface area (Å²) in [4.78, 5) is 25.7. The van der Waals surface area contributed by atoms with E-state index >= 15 is 0 Å². The van der Waals surface area contributed by atoms with Crippen LogP contribution in [0.25, 0.3) is 16.7 Å². The second kappa shape index (κ2) is 9.55. The second-order valence-corrected chi connectivity index (χ2v) is 7.43. The summed E-state index contributed by atoms with van der Waals surface area (Å²) in [7, 11) is 0. The molecule has 4 aromatic rings. The van der Waals surface area contributed by atoms with Crippen LogP contribution in [0.1, 0.15) is 37.6 Å². The van der Waals surface area contributed by atoms with Gasteiger partial charge >= 0.3 is 0 Å². The highest BCUT2D eigenvalue weighted by Gasteiger charge is 2.30. The van der Waals surface area contributed by atoms with Crippen molar-refractivity contribution in [2.45, 2.75) is 39.3 Å². The molecule has 8 heteroatoms. The molecule has 3 aromatic heterocycles. The number of ether oxygens (including phenoxy) is 1. The molecule has 32 heavy (non-hydrogen) atoms. The van der Waals surface area contributed by atoms with E-state index < -0.39 is 0 Å². The maximum Gasteiger partial charge on any atom is 0.256 e. The van der Waals surface area contributed by atoms with Crippen molar-refractivity contribution < 1.29 is 9.53 Å². The number of hydrogen-bond acceptors (Lipinski definition) is 6. The van der Waals surface area contributed by atoms with Gasteiger partial charge in [0.25, 0.3) is 5.91 Å². The molecule has 0 bridgehead atoms. The maximum absolute atomic E-state index is 13.6. The van der Waals surface area contributed by atoms with Crippen LogP contribution in [0.3, 0.4) is 0 Å². The monoisotopic (exact) mass is 430 g/mol. The molecule has 0 spiro atoms. The van der Waals surface area contributed by atoms with E-state index in [2.05, 4.69) is 27.1 Å². The van der Waals surface area contributed by atoms with Crippen molar-refractivity contribution in [1.29, 1.82) is 0 Å². The van der Waals surface area contributed by atoms with Crippen LogP contribution < -0.4 is 4.74 Å². The van der Waals surface area contributed by atoms with Crippen molar-refractivity contribution in [2.75, 3.05) is 6.54 Å². The molecule has 3 heterocycles. The molecule has 2 unspecified atom stereocenters. The fraction of sp³-hybridized carbons (Fsp3) is 0.292. The van der Waals surface area contributed by atoms with Gasteiger partial charge in [0, 0.05) is 24.2 Å². The Balaban J connectivity index is 1.58. The lowest BCUT2D eigenvalue weighted by Crippen LogP contribution is -2.48. The minimum atomic E-state index is -0.271. The molecular formula is C24H26N6O2. The van der Waals surface area contributed by atoms with Gasteiger partial charge in [-0.3, -0.25) is 4.79 Å². The van der Waals surface area contributed by atoms with Gasteiger partial charge in [-0.1, -0.05) is 19.1 Å². The molecule has 164 valence electrons. The van der Waals surface area contributed by atoms with E-state index in [4.69, 9.17) is 4.74 Å². The van der Waals surface area contributed by atoms with E-state index in [1.54, 1.807) is 24.7 Å². The van der Waals surface area contributed by atoms with Crippen molar-refractivity contribution in [3.63, 3.8) is 0 Å². The summed E-state index contributed by atoms with van der Waals surface area (Å²) in [6.07, 6.45) is 5.35. The number of likely N-dealkylation sites (N-methyl/N-ethyl adjacent to an activating group) is 1. The Labute approximate surface area is 186 Å². The highest BCUT2D eigenvalue weighted by Crippen LogP contribution is 2.22. The number of hydrogen-bond donors (Lipinski definition) is 0. The minimum Gasteiger partial charge on any atom is -0.472 e. The Morgan fingerprint density at radius 3 is 2.56 bits per heavy atom. The number of carbonyl (C=O) groups is 1. The Kier molecular flexibility index (Phi) is 6.39. The molecular weight excluding hydrogens is 404 g/mol. The Bertz CT molecular complexity index is 1190. The first kappa shape index (κ1) is 21.4. The fourth-order valence-electron chi connectivity index (χ4n) is 3.93. The quantitative estimate of drug-likeness (QED) is 0.421. The maximum atomic E-state index is 13.6. The third-order valence-corrected chi connectivity index (χ3v) is 5.48. The largest absolute Gasteiger partial charge is 0.472 e. The van der Waals surface area contributed by atoms with Crippen LogP contribution in [-0.2, 0) is 0 Å². The predicted octanol–water partition coefficient (Wildman–Crippen LogP) is 3.92. The van der Waals surface area contributed by atoms with Crippen LogP contribution >= 0.6 is 0 Å². The van der Waals surface area contributed by atoms with E-state index in [9.17, 15) is 4.79 Å². The molecule has 4 rings (SSSR count). The highest BCUT2D eigenvalue weighted by atomic mass is 16.5. The zero-order valence-electron chi connectivity index (χ0n) is 18.4. The molecule has 0 N–H and O–H groups in total. The zero-order valence-corrected chi connectivity index (χ0v) is 18.4. The lowest BCUT2D eigenvalue weighted by Gasteiger charge is -2.34. The number of amides is 1. The summed E-state index contributed by atoms with van der Waals surface area (Å²) in [6, 6.07) is 14.8. The van der Waals surface area contributed by atoms with Gasteiger partial charge < -0.3 is 9.64 Å². The highest BCUT2D eigenvalue weighted by molar-refractivity contribution is 5.98. The first-order chi connectivity index (χ1) is 15.6. The second-order valence-electron chi connectivity index (χ2n) is 7.43. The molecule has 0 aliphatic carbocycles. The summed E-state index contributed by atoms with van der Waals surface area (Å²) in [5, 5.41) is 9.34. The average molecular weight is 431 g/mol. The number of rotatable bonds is 8. The Morgan fingerprint density at radius 1 is 1.03 bits per heavy atom. The van der Waals surface area contributed by atoms with Gasteiger partial charge in [0.1, 0.15) is 6.10 Å². The average Bonchev–Trinajstić information content (AvgIpc) is 3.37. The molecule has 0 saturated heterocycles. The number of pyridine rings is 2. The number of nitrogens with zero attached hydrogens (tertiary/aromatic N) is 6. The molecule has 0 aliphatic heterocycles. The van der Waals surface area contributed by atoms with E-state index in [-0.39, 0.29) is 18.1 Å². The summed E-state index contributed by atoms with van der Waals surface area (Å²) < 4.78 is 6.17. The van der Waals surface area contributed by atoms with E-state index in [0.29, 0.717) is 29.3 Å². The molecule has 0 saturated carbocycles. The van der Waals surface area contributed by atoms with Gasteiger partial charge in [-0.25, -0.2) is 4.98 Å². The van der Waals surface area contributed by atoms with Gasteiger partial charge in [0.05, 0.1) is 29.7 Å². The number of benzene rings is 1. The summed E-state index contributed by atoms with van der Waals surface area (Å²) >= 11 is 0. The van der Waals surface area contributed by atoms with Crippen molar-refractivity contribution in [2.24, 2.45) is 0 Å². The smallest absolute Gasteiger partial charge is 0.256 e. The molecule has 0 fully saturated rings. The van der Waals surface area contributed by atoms with Crippen LogP contribution in [0, 0.1) is 0 Å². The lowest BCUT2D eigenvalue weighted by atomic mass is 10.0. The fourth-order valence-corrected chi connectivity index (χ4v) is 3.93. The van der Waals surface area contributed by atoms with E-state index in [1.165, 1.54) is 4.80 Å². The summed E-state index contributed by atoms with van der Waals surface area (Å²) in [6.45, 7) is 6.53. The number of aromatic nitrogens is 5. The first-order valence-corrected chi connectivity index (χ1v) is 10.8. The molecule has 1 aromatic carbocycles. The minimum absolute atomic E-state index is 0.0872. The topological polar surface area (TPSA) is 86.0 Å². The Hall–Kier alpha value is -3.81. The number of fused-ring (bicyclic) bond motifs is 1.